The monoisotopic (exact) mass is 193 g/mol. The first kappa shape index (κ1) is 11.8. The Bertz CT molecular complexity index is 361. The van der Waals surface area contributed by atoms with Gasteiger partial charge in [0.25, 0.3) is 0 Å². The van der Waals surface area contributed by atoms with Crippen molar-refractivity contribution >= 4 is 45.7 Å². The second-order valence-corrected chi connectivity index (χ2v) is 2.76. The van der Waals surface area contributed by atoms with Gasteiger partial charge in [-0.1, -0.05) is 17.7 Å². The molecule has 0 aliphatic heterocycles. The van der Waals surface area contributed by atoms with Gasteiger partial charge in [-0.3, -0.25) is 0 Å². The molecule has 1 aromatic rings. The van der Waals surface area contributed by atoms with E-state index in [1.54, 1.807) is 12.1 Å². The number of benzene rings is 1. The summed E-state index contributed by atoms with van der Waals surface area (Å²) in [5, 5.41) is 0. The van der Waals surface area contributed by atoms with Crippen molar-refractivity contribution < 1.29 is 8.42 Å². The maximum atomic E-state index is 10.1. The van der Waals surface area contributed by atoms with E-state index in [9.17, 15) is 8.42 Å². The van der Waals surface area contributed by atoms with E-state index in [0.29, 0.717) is 5.69 Å². The molecule has 0 spiro atoms. The number of nitrogens with zero attached hydrogens (tertiary/aromatic N) is 1. The standard InChI is InChI=1S/C7H7NO2S.Na.H/c1-6-2-4-7(5-3-6)8-11(9)10;;/h2-5H,1H3;;. The minimum absolute atomic E-state index is 0. The van der Waals surface area contributed by atoms with Gasteiger partial charge in [-0.05, 0) is 19.1 Å². The maximum absolute atomic E-state index is 10.1. The second kappa shape index (κ2) is 5.48. The zero-order chi connectivity index (χ0) is 8.27. The van der Waals surface area contributed by atoms with E-state index < -0.39 is 10.5 Å². The van der Waals surface area contributed by atoms with Crippen LogP contribution in [0.15, 0.2) is 28.6 Å². The Kier molecular flexibility index (Phi) is 5.41. The van der Waals surface area contributed by atoms with Gasteiger partial charge in [0.05, 0.1) is 5.69 Å². The van der Waals surface area contributed by atoms with Crippen molar-refractivity contribution in [2.75, 3.05) is 0 Å². The molecule has 12 heavy (non-hydrogen) atoms. The van der Waals surface area contributed by atoms with Crippen LogP contribution < -0.4 is 0 Å². The number of hydrogen-bond donors (Lipinski definition) is 0. The van der Waals surface area contributed by atoms with E-state index in [1.165, 1.54) is 0 Å². The fraction of sp³-hybridized carbons (Fsp3) is 0.143. The molecular formula is C7H8NNaO2S. The summed E-state index contributed by atoms with van der Waals surface area (Å²) >= 11 is 0. The first-order valence-electron chi connectivity index (χ1n) is 3.06. The van der Waals surface area contributed by atoms with Crippen molar-refractivity contribution in [2.45, 2.75) is 6.92 Å². The molecule has 0 heterocycles. The Morgan fingerprint density at radius 1 is 1.17 bits per heavy atom. The summed E-state index contributed by atoms with van der Waals surface area (Å²) in [6.45, 7) is 1.93. The summed E-state index contributed by atoms with van der Waals surface area (Å²) in [6, 6.07) is 6.94. The molecule has 0 bridgehead atoms. The molecule has 0 atom stereocenters. The van der Waals surface area contributed by atoms with Gasteiger partial charge < -0.3 is 0 Å². The third-order valence-corrected chi connectivity index (χ3v) is 1.57. The first-order chi connectivity index (χ1) is 5.18. The molecular weight excluding hydrogens is 185 g/mol. The van der Waals surface area contributed by atoms with Crippen LogP contribution in [0.1, 0.15) is 5.56 Å². The Morgan fingerprint density at radius 2 is 1.67 bits per heavy atom. The summed E-state index contributed by atoms with van der Waals surface area (Å²) in [5.41, 5.74) is 1.55. The number of aryl methyl sites for hydroxylation is 1. The van der Waals surface area contributed by atoms with Crippen LogP contribution in [0.3, 0.4) is 0 Å². The quantitative estimate of drug-likeness (QED) is 0.625. The zero-order valence-corrected chi connectivity index (χ0v) is 6.80. The molecule has 0 radical (unpaired) electrons. The topological polar surface area (TPSA) is 46.5 Å². The number of rotatable bonds is 1. The molecule has 1 aromatic carbocycles. The Morgan fingerprint density at radius 3 is 2.08 bits per heavy atom. The van der Waals surface area contributed by atoms with Gasteiger partial charge in [0.1, 0.15) is 0 Å². The number of hydrogen-bond acceptors (Lipinski definition) is 3. The van der Waals surface area contributed by atoms with Crippen LogP contribution in [0, 0.1) is 6.92 Å². The van der Waals surface area contributed by atoms with E-state index >= 15 is 0 Å². The van der Waals surface area contributed by atoms with Gasteiger partial charge >= 0.3 is 40.1 Å². The Balaban J connectivity index is 0.00000121. The summed E-state index contributed by atoms with van der Waals surface area (Å²) in [7, 11) is -2.35. The van der Waals surface area contributed by atoms with E-state index in [0.717, 1.165) is 5.56 Å². The summed E-state index contributed by atoms with van der Waals surface area (Å²) < 4.78 is 23.5. The molecule has 0 aliphatic rings. The SMILES string of the molecule is Cc1ccc(N=S(=O)=O)cc1.[NaH]. The van der Waals surface area contributed by atoms with Crippen LogP contribution >= 0.6 is 0 Å². The average molecular weight is 193 g/mol. The molecule has 0 aliphatic carbocycles. The van der Waals surface area contributed by atoms with Gasteiger partial charge in [0.15, 0.2) is 0 Å². The van der Waals surface area contributed by atoms with Crippen molar-refractivity contribution in [1.82, 2.24) is 0 Å². The van der Waals surface area contributed by atoms with Gasteiger partial charge in [-0.25, -0.2) is 0 Å². The third-order valence-electron chi connectivity index (χ3n) is 1.21. The molecule has 60 valence electrons. The molecule has 3 nitrogen and oxygen atoms in total. The molecule has 0 N–H and O–H groups in total. The van der Waals surface area contributed by atoms with E-state index in [2.05, 4.69) is 4.36 Å². The molecule has 0 amide bonds. The van der Waals surface area contributed by atoms with Gasteiger partial charge in [-0.15, -0.1) is 4.36 Å². The fourth-order valence-corrected chi connectivity index (χ4v) is 0.986. The van der Waals surface area contributed by atoms with E-state index in [1.807, 2.05) is 19.1 Å². The van der Waals surface area contributed by atoms with Gasteiger partial charge in [0.2, 0.25) is 0 Å². The summed E-state index contributed by atoms with van der Waals surface area (Å²) in [4.78, 5) is 0. The van der Waals surface area contributed by atoms with Gasteiger partial charge in [-0.2, -0.15) is 8.42 Å². The van der Waals surface area contributed by atoms with Crippen LogP contribution in [0.2, 0.25) is 0 Å². The van der Waals surface area contributed by atoms with Crippen LogP contribution in [-0.2, 0) is 10.5 Å². The zero-order valence-electron chi connectivity index (χ0n) is 5.98. The Labute approximate surface area is 94.8 Å². The molecule has 0 saturated heterocycles. The summed E-state index contributed by atoms with van der Waals surface area (Å²) in [5.74, 6) is 0. The Hall–Kier alpha value is -0.160. The molecule has 0 saturated carbocycles. The van der Waals surface area contributed by atoms with Crippen LogP contribution in [0.5, 0.6) is 0 Å². The van der Waals surface area contributed by atoms with Gasteiger partial charge in [0, 0.05) is 0 Å². The van der Waals surface area contributed by atoms with Crippen molar-refractivity contribution in [2.24, 2.45) is 4.36 Å². The predicted octanol–water partition coefficient (Wildman–Crippen LogP) is 1.04. The van der Waals surface area contributed by atoms with E-state index in [4.69, 9.17) is 0 Å². The predicted molar refractivity (Wildman–Crippen MR) is 49.3 cm³/mol. The van der Waals surface area contributed by atoms with Crippen LogP contribution in [0.25, 0.3) is 0 Å². The fourth-order valence-electron chi connectivity index (χ4n) is 0.692. The van der Waals surface area contributed by atoms with Crippen LogP contribution in [0.4, 0.5) is 5.69 Å². The molecule has 5 heteroatoms. The van der Waals surface area contributed by atoms with Crippen molar-refractivity contribution in [3.63, 3.8) is 0 Å². The van der Waals surface area contributed by atoms with Crippen molar-refractivity contribution in [3.05, 3.63) is 29.8 Å². The molecule has 1 rings (SSSR count). The third kappa shape index (κ3) is 4.01. The van der Waals surface area contributed by atoms with E-state index in [-0.39, 0.29) is 29.6 Å². The normalized spacial score (nSPS) is 8.42. The average Bonchev–Trinajstić information content (AvgIpc) is 1.93. The second-order valence-electron chi connectivity index (χ2n) is 2.14. The molecule has 0 aromatic heterocycles. The van der Waals surface area contributed by atoms with Crippen molar-refractivity contribution in [3.8, 4) is 0 Å². The van der Waals surface area contributed by atoms with Crippen molar-refractivity contribution in [1.29, 1.82) is 0 Å². The molecule has 0 unspecified atom stereocenters. The minimum atomic E-state index is -2.35. The van der Waals surface area contributed by atoms with Crippen LogP contribution in [-0.4, -0.2) is 38.0 Å². The molecule has 0 fully saturated rings. The first-order valence-corrected chi connectivity index (χ1v) is 4.09. The summed E-state index contributed by atoms with van der Waals surface area (Å²) in [6.07, 6.45) is 0.